The number of amides is 1. The molecule has 11 nitrogen and oxygen atoms in total. The van der Waals surface area contributed by atoms with E-state index >= 15 is 0 Å². The average Bonchev–Trinajstić information content (AvgIpc) is 3.50. The zero-order chi connectivity index (χ0) is 23.5. The number of benzene rings is 2. The van der Waals surface area contributed by atoms with Crippen molar-refractivity contribution in [3.05, 3.63) is 77.8 Å². The number of furan rings is 1. The van der Waals surface area contributed by atoms with E-state index < -0.39 is 5.91 Å². The lowest BCUT2D eigenvalue weighted by atomic mass is 10.1. The van der Waals surface area contributed by atoms with Crippen molar-refractivity contribution in [1.29, 1.82) is 0 Å². The number of nitrogens with one attached hydrogen (secondary N) is 2. The molecule has 0 aliphatic heterocycles. The van der Waals surface area contributed by atoms with Crippen LogP contribution in [-0.2, 0) is 0 Å². The molecular weight excluding hydrogens is 443 g/mol. The molecule has 0 saturated carbocycles. The Hall–Kier alpha value is -5.13. The van der Waals surface area contributed by atoms with Crippen molar-refractivity contribution in [2.75, 3.05) is 10.7 Å². The summed E-state index contributed by atoms with van der Waals surface area (Å²) in [7, 11) is 0. The van der Waals surface area contributed by atoms with Gasteiger partial charge in [0.1, 0.15) is 17.3 Å². The van der Waals surface area contributed by atoms with Gasteiger partial charge in [0, 0.05) is 16.8 Å². The third-order valence-electron chi connectivity index (χ3n) is 4.64. The maximum absolute atomic E-state index is 13.2. The van der Waals surface area contributed by atoms with Crippen molar-refractivity contribution in [2.45, 2.75) is 0 Å². The Balaban J connectivity index is 1.36. The molecule has 4 N–H and O–H groups in total. The minimum Gasteiger partial charge on any atom is -0.455 e. The summed E-state index contributed by atoms with van der Waals surface area (Å²) in [6, 6.07) is 16.0. The highest BCUT2D eigenvalue weighted by Gasteiger charge is 2.13. The molecule has 168 valence electrons. The molecule has 1 amide bonds. The maximum atomic E-state index is 13.2. The number of hydrogen-bond acceptors (Lipinski definition) is 10. The Morgan fingerprint density at radius 2 is 1.76 bits per heavy atom. The predicted octanol–water partition coefficient (Wildman–Crippen LogP) is 3.70. The van der Waals surface area contributed by atoms with Crippen LogP contribution < -0.4 is 16.5 Å². The minimum atomic E-state index is -0.523. The third-order valence-corrected chi connectivity index (χ3v) is 4.64. The third kappa shape index (κ3) is 4.41. The predicted molar refractivity (Wildman–Crippen MR) is 121 cm³/mol. The van der Waals surface area contributed by atoms with Gasteiger partial charge in [-0.05, 0) is 58.8 Å². The summed E-state index contributed by atoms with van der Waals surface area (Å²) in [6.45, 7) is 0. The monoisotopic (exact) mass is 458 g/mol. The van der Waals surface area contributed by atoms with Crippen molar-refractivity contribution in [1.82, 2.24) is 20.3 Å². The smallest absolute Gasteiger partial charge is 0.248 e. The van der Waals surface area contributed by atoms with E-state index in [1.165, 1.54) is 18.3 Å². The highest BCUT2D eigenvalue weighted by molar-refractivity contribution is 5.94. The van der Waals surface area contributed by atoms with Gasteiger partial charge in [0.25, 0.3) is 0 Å². The fourth-order valence-corrected chi connectivity index (χ4v) is 3.03. The van der Waals surface area contributed by atoms with Crippen molar-refractivity contribution >= 4 is 40.7 Å². The maximum Gasteiger partial charge on any atom is 0.248 e. The second-order valence-electron chi connectivity index (χ2n) is 6.98. The number of anilines is 3. The minimum absolute atomic E-state index is 0.178. The number of hydrogen-bond donors (Lipinski definition) is 3. The Bertz CT molecular complexity index is 1510. The molecule has 12 heteroatoms. The lowest BCUT2D eigenvalue weighted by Crippen LogP contribution is -2.10. The molecule has 2 aromatic carbocycles. The van der Waals surface area contributed by atoms with Crippen LogP contribution in [0.5, 0.6) is 0 Å². The molecule has 3 heterocycles. The molecule has 0 fully saturated rings. The van der Waals surface area contributed by atoms with Crippen LogP contribution in [0.1, 0.15) is 16.1 Å². The summed E-state index contributed by atoms with van der Waals surface area (Å²) in [4.78, 5) is 20.0. The Kier molecular flexibility index (Phi) is 5.36. The number of halogens is 1. The van der Waals surface area contributed by atoms with Gasteiger partial charge < -0.3 is 15.5 Å². The molecule has 34 heavy (non-hydrogen) atoms. The molecule has 0 unspecified atom stereocenters. The lowest BCUT2D eigenvalue weighted by molar-refractivity contribution is 0.100. The van der Waals surface area contributed by atoms with Crippen molar-refractivity contribution in [3.63, 3.8) is 0 Å². The summed E-state index contributed by atoms with van der Waals surface area (Å²) in [5.41, 5.74) is 10.1. The highest BCUT2D eigenvalue weighted by atomic mass is 19.1. The first-order valence-electron chi connectivity index (χ1n) is 9.87. The van der Waals surface area contributed by atoms with Crippen LogP contribution in [0.3, 0.4) is 0 Å². The van der Waals surface area contributed by atoms with E-state index in [9.17, 15) is 9.18 Å². The van der Waals surface area contributed by atoms with Crippen molar-refractivity contribution in [2.24, 2.45) is 10.8 Å². The topological polar surface area (TPSA) is 157 Å². The van der Waals surface area contributed by atoms with Gasteiger partial charge in [-0.15, -0.1) is 0 Å². The zero-order valence-electron chi connectivity index (χ0n) is 17.3. The van der Waals surface area contributed by atoms with Gasteiger partial charge in [-0.1, -0.05) is 12.1 Å². The van der Waals surface area contributed by atoms with Gasteiger partial charge in [-0.25, -0.2) is 14.0 Å². The molecule has 0 spiro atoms. The van der Waals surface area contributed by atoms with Gasteiger partial charge >= 0.3 is 0 Å². The fraction of sp³-hybridized carbons (Fsp3) is 0. The van der Waals surface area contributed by atoms with E-state index in [4.69, 9.17) is 10.2 Å². The second kappa shape index (κ2) is 8.78. The van der Waals surface area contributed by atoms with Crippen molar-refractivity contribution < 1.29 is 18.2 Å². The summed E-state index contributed by atoms with van der Waals surface area (Å²) in [5, 5.41) is 14.5. The van der Waals surface area contributed by atoms with Gasteiger partial charge in [0.2, 0.25) is 17.2 Å². The molecule has 5 rings (SSSR count). The van der Waals surface area contributed by atoms with Gasteiger partial charge in [-0.2, -0.15) is 10.1 Å². The zero-order valence-corrected chi connectivity index (χ0v) is 17.3. The van der Waals surface area contributed by atoms with Crippen LogP contribution in [0.4, 0.5) is 21.7 Å². The van der Waals surface area contributed by atoms with E-state index in [2.05, 4.69) is 40.8 Å². The number of primary amides is 1. The van der Waals surface area contributed by atoms with Gasteiger partial charge in [-0.3, -0.25) is 10.2 Å². The fourth-order valence-electron chi connectivity index (χ4n) is 3.03. The number of aromatic nitrogens is 4. The normalized spacial score (nSPS) is 11.2. The molecular formula is C22H15FN8O3. The number of carbonyl (C=O) groups excluding carboxylic acids is 1. The van der Waals surface area contributed by atoms with Crippen LogP contribution in [-0.4, -0.2) is 32.4 Å². The highest BCUT2D eigenvalue weighted by Crippen LogP contribution is 2.25. The summed E-state index contributed by atoms with van der Waals surface area (Å²) >= 11 is 0. The standard InChI is InChI=1S/C22H15FN8O3/c23-14-4-6-15(7-5-14)26-19-20(28-22-21(27-19)30-34-31-22)29-25-11-16-8-9-17(33-16)12-2-1-3-13(10-12)18(24)32/h1-11H,(H2,24,32)(H,26,27,30)(H,28,29,31)/b25-11+. The Labute approximate surface area is 190 Å². The molecule has 3 aromatic heterocycles. The first kappa shape index (κ1) is 20.8. The van der Waals surface area contributed by atoms with E-state index in [0.29, 0.717) is 28.3 Å². The van der Waals surface area contributed by atoms with Crippen molar-refractivity contribution in [3.8, 4) is 11.3 Å². The molecule has 0 aliphatic carbocycles. The molecule has 0 atom stereocenters. The average molecular weight is 458 g/mol. The molecule has 0 radical (unpaired) electrons. The van der Waals surface area contributed by atoms with E-state index in [1.54, 1.807) is 48.5 Å². The first-order chi connectivity index (χ1) is 16.5. The molecule has 0 aliphatic rings. The van der Waals surface area contributed by atoms with Gasteiger partial charge in [0.15, 0.2) is 11.6 Å². The second-order valence-corrected chi connectivity index (χ2v) is 6.98. The quantitative estimate of drug-likeness (QED) is 0.244. The number of rotatable bonds is 7. The summed E-state index contributed by atoms with van der Waals surface area (Å²) < 4.78 is 23.7. The van der Waals surface area contributed by atoms with Crippen LogP contribution in [0.2, 0.25) is 0 Å². The Morgan fingerprint density at radius 3 is 2.53 bits per heavy atom. The van der Waals surface area contributed by atoms with Crippen LogP contribution in [0, 0.1) is 5.82 Å². The molecule has 5 aromatic rings. The van der Waals surface area contributed by atoms with Crippen LogP contribution in [0.15, 0.2) is 74.8 Å². The van der Waals surface area contributed by atoms with Gasteiger partial charge in [0.05, 0.1) is 6.21 Å². The molecule has 0 bridgehead atoms. The Morgan fingerprint density at radius 1 is 1.00 bits per heavy atom. The van der Waals surface area contributed by atoms with Crippen LogP contribution >= 0.6 is 0 Å². The lowest BCUT2D eigenvalue weighted by Gasteiger charge is -2.09. The summed E-state index contributed by atoms with van der Waals surface area (Å²) in [6.07, 6.45) is 1.44. The number of nitrogens with two attached hydrogens (primary N) is 1. The van der Waals surface area contributed by atoms with E-state index in [0.717, 1.165) is 0 Å². The number of hydrazone groups is 1. The first-order valence-corrected chi connectivity index (χ1v) is 9.87. The number of fused-ring (bicyclic) bond motifs is 1. The van der Waals surface area contributed by atoms with E-state index in [-0.39, 0.29) is 28.7 Å². The summed E-state index contributed by atoms with van der Waals surface area (Å²) in [5.74, 6) is 0.593. The largest absolute Gasteiger partial charge is 0.455 e. The van der Waals surface area contributed by atoms with E-state index in [1.807, 2.05) is 0 Å². The SMILES string of the molecule is NC(=O)c1cccc(-c2ccc(/C=N/Nc3nc4nonc4nc3Nc3ccc(F)cc3)o2)c1. The van der Waals surface area contributed by atoms with Crippen LogP contribution in [0.25, 0.3) is 22.6 Å². The number of carbonyl (C=O) groups is 1. The molecule has 0 saturated heterocycles. The number of nitrogens with zero attached hydrogens (tertiary/aromatic N) is 5.